The lowest BCUT2D eigenvalue weighted by atomic mass is 9.49. The van der Waals surface area contributed by atoms with Gasteiger partial charge in [-0.05, 0) is 60.1 Å². The molecule has 3 heteroatoms. The van der Waals surface area contributed by atoms with Crippen LogP contribution in [0.25, 0.3) is 0 Å². The maximum atomic E-state index is 12.7. The molecule has 0 aromatic heterocycles. The van der Waals surface area contributed by atoms with E-state index in [4.69, 9.17) is 9.47 Å². The molecule has 0 amide bonds. The Morgan fingerprint density at radius 2 is 1.92 bits per heavy atom. The zero-order valence-corrected chi connectivity index (χ0v) is 16.5. The summed E-state index contributed by atoms with van der Waals surface area (Å²) < 4.78 is 11.1. The van der Waals surface area contributed by atoms with E-state index in [9.17, 15) is 4.79 Å². The topological polar surface area (TPSA) is 35.5 Å². The molecule has 0 aliphatic heterocycles. The van der Waals surface area contributed by atoms with Crippen molar-refractivity contribution in [2.45, 2.75) is 70.8 Å². The second-order valence-electron chi connectivity index (χ2n) is 8.69. The maximum Gasteiger partial charge on any atom is 0.311 e. The fourth-order valence-electron chi connectivity index (χ4n) is 5.49. The van der Waals surface area contributed by atoms with Gasteiger partial charge in [0.1, 0.15) is 0 Å². The van der Waals surface area contributed by atoms with Crippen LogP contribution in [0, 0.1) is 11.3 Å². The smallest absolute Gasteiger partial charge is 0.311 e. The van der Waals surface area contributed by atoms with Crippen LogP contribution in [0.2, 0.25) is 0 Å². The lowest BCUT2D eigenvalue weighted by Gasteiger charge is -2.55. The minimum atomic E-state index is -0.438. The van der Waals surface area contributed by atoms with Gasteiger partial charge >= 0.3 is 5.97 Å². The summed E-state index contributed by atoms with van der Waals surface area (Å²) in [4.78, 5) is 12.7. The lowest BCUT2D eigenvalue weighted by Crippen LogP contribution is -2.53. The summed E-state index contributed by atoms with van der Waals surface area (Å²) in [5, 5.41) is 0. The van der Waals surface area contributed by atoms with Crippen molar-refractivity contribution < 1.29 is 14.3 Å². The van der Waals surface area contributed by atoms with Gasteiger partial charge in [-0.25, -0.2) is 0 Å². The van der Waals surface area contributed by atoms with Crippen molar-refractivity contribution in [3.8, 4) is 0 Å². The predicted octanol–water partition coefficient (Wildman–Crippen LogP) is 5.14. The minimum absolute atomic E-state index is 0.00105. The second kappa shape index (κ2) is 6.42. The summed E-state index contributed by atoms with van der Waals surface area (Å²) >= 11 is 0. The fourth-order valence-corrected chi connectivity index (χ4v) is 5.49. The zero-order chi connectivity index (χ0) is 18.4. The van der Waals surface area contributed by atoms with Crippen LogP contribution in [-0.4, -0.2) is 20.2 Å². The third kappa shape index (κ3) is 2.71. The summed E-state index contributed by atoms with van der Waals surface area (Å²) in [6.45, 7) is 8.90. The first-order chi connectivity index (χ1) is 11.8. The van der Waals surface area contributed by atoms with Crippen LogP contribution in [0.15, 0.2) is 18.2 Å². The average molecular weight is 344 g/mol. The highest BCUT2D eigenvalue weighted by Gasteiger charge is 2.57. The molecule has 2 aliphatic carbocycles. The third-order valence-electron chi connectivity index (χ3n) is 7.02. The van der Waals surface area contributed by atoms with Crippen LogP contribution >= 0.6 is 0 Å². The Morgan fingerprint density at radius 1 is 1.20 bits per heavy atom. The predicted molar refractivity (Wildman–Crippen MR) is 99.7 cm³/mol. The number of benzene rings is 1. The number of ether oxygens (including phenoxy) is 2. The van der Waals surface area contributed by atoms with Gasteiger partial charge in [-0.1, -0.05) is 45.4 Å². The molecule has 0 radical (unpaired) electrons. The molecule has 1 aromatic carbocycles. The van der Waals surface area contributed by atoms with Gasteiger partial charge in [0.15, 0.2) is 0 Å². The Bertz CT molecular complexity index is 665. The van der Waals surface area contributed by atoms with E-state index in [1.165, 1.54) is 23.8 Å². The highest BCUT2D eigenvalue weighted by molar-refractivity contribution is 5.77. The van der Waals surface area contributed by atoms with E-state index < -0.39 is 5.41 Å². The van der Waals surface area contributed by atoms with Crippen LogP contribution in [0.5, 0.6) is 0 Å². The standard InChI is InChI=1S/C22H32O3/c1-14(2)15-8-9-17-16(12-15)18(24-5)13-19-21(17,3)10-7-11-22(19,4)20(23)25-6/h8-9,12,14,18-19H,7,10-11,13H2,1-6H3/t18-,19+,21+,22+/m0/s1. The molecule has 4 atom stereocenters. The quantitative estimate of drug-likeness (QED) is 0.712. The molecular weight excluding hydrogens is 312 g/mol. The molecule has 0 saturated heterocycles. The molecule has 2 aliphatic rings. The van der Waals surface area contributed by atoms with Gasteiger partial charge in [-0.3, -0.25) is 4.79 Å². The molecule has 3 rings (SSSR count). The second-order valence-corrected chi connectivity index (χ2v) is 8.69. The molecule has 1 aromatic rings. The van der Waals surface area contributed by atoms with Gasteiger partial charge in [-0.2, -0.15) is 0 Å². The van der Waals surface area contributed by atoms with Gasteiger partial charge in [0, 0.05) is 7.11 Å². The van der Waals surface area contributed by atoms with Crippen molar-refractivity contribution in [3.05, 3.63) is 34.9 Å². The van der Waals surface area contributed by atoms with Crippen molar-refractivity contribution in [2.75, 3.05) is 14.2 Å². The van der Waals surface area contributed by atoms with E-state index in [-0.39, 0.29) is 23.4 Å². The van der Waals surface area contributed by atoms with Crippen molar-refractivity contribution in [2.24, 2.45) is 11.3 Å². The number of carbonyl (C=O) groups excluding carboxylic acids is 1. The van der Waals surface area contributed by atoms with Crippen molar-refractivity contribution in [1.82, 2.24) is 0 Å². The van der Waals surface area contributed by atoms with E-state index >= 15 is 0 Å². The monoisotopic (exact) mass is 344 g/mol. The Morgan fingerprint density at radius 3 is 2.52 bits per heavy atom. The highest BCUT2D eigenvalue weighted by Crippen LogP contribution is 2.60. The van der Waals surface area contributed by atoms with E-state index in [2.05, 4.69) is 45.9 Å². The van der Waals surface area contributed by atoms with Gasteiger partial charge in [0.05, 0.1) is 18.6 Å². The van der Waals surface area contributed by atoms with Crippen LogP contribution < -0.4 is 0 Å². The van der Waals surface area contributed by atoms with Crippen molar-refractivity contribution in [3.63, 3.8) is 0 Å². The van der Waals surface area contributed by atoms with Crippen LogP contribution in [0.3, 0.4) is 0 Å². The lowest BCUT2D eigenvalue weighted by molar-refractivity contribution is -0.163. The Labute approximate surface area is 152 Å². The average Bonchev–Trinajstić information content (AvgIpc) is 2.60. The van der Waals surface area contributed by atoms with Gasteiger partial charge in [0.2, 0.25) is 0 Å². The summed E-state index contributed by atoms with van der Waals surface area (Å²) in [5.74, 6) is 0.670. The maximum absolute atomic E-state index is 12.7. The van der Waals surface area contributed by atoms with E-state index in [1.807, 2.05) is 0 Å². The molecule has 1 saturated carbocycles. The van der Waals surface area contributed by atoms with E-state index in [0.717, 1.165) is 25.7 Å². The Balaban J connectivity index is 2.14. The van der Waals surface area contributed by atoms with Crippen LogP contribution in [0.1, 0.15) is 82.1 Å². The number of hydrogen-bond donors (Lipinski definition) is 0. The van der Waals surface area contributed by atoms with Gasteiger partial charge < -0.3 is 9.47 Å². The fraction of sp³-hybridized carbons (Fsp3) is 0.682. The molecular formula is C22H32O3. The molecule has 3 nitrogen and oxygen atoms in total. The number of carbonyl (C=O) groups is 1. The summed E-state index contributed by atoms with van der Waals surface area (Å²) in [6, 6.07) is 6.89. The van der Waals surface area contributed by atoms with Crippen molar-refractivity contribution in [1.29, 1.82) is 0 Å². The number of rotatable bonds is 3. The summed E-state index contributed by atoms with van der Waals surface area (Å²) in [6.07, 6.45) is 4.01. The van der Waals surface area contributed by atoms with Crippen LogP contribution in [-0.2, 0) is 19.7 Å². The van der Waals surface area contributed by atoms with E-state index in [0.29, 0.717) is 5.92 Å². The molecule has 0 heterocycles. The number of hydrogen-bond acceptors (Lipinski definition) is 3. The molecule has 0 spiro atoms. The molecule has 0 unspecified atom stereocenters. The highest BCUT2D eigenvalue weighted by atomic mass is 16.5. The van der Waals surface area contributed by atoms with Gasteiger partial charge in [-0.15, -0.1) is 0 Å². The largest absolute Gasteiger partial charge is 0.469 e. The van der Waals surface area contributed by atoms with Crippen LogP contribution in [0.4, 0.5) is 0 Å². The molecule has 1 fully saturated rings. The molecule has 138 valence electrons. The number of esters is 1. The Kier molecular flexibility index (Phi) is 4.74. The minimum Gasteiger partial charge on any atom is -0.469 e. The Hall–Kier alpha value is -1.35. The summed E-state index contributed by atoms with van der Waals surface area (Å²) in [7, 11) is 3.30. The van der Waals surface area contributed by atoms with Gasteiger partial charge in [0.25, 0.3) is 0 Å². The molecule has 0 N–H and O–H groups in total. The first kappa shape index (κ1) is 18.4. The molecule has 0 bridgehead atoms. The number of methoxy groups -OCH3 is 2. The zero-order valence-electron chi connectivity index (χ0n) is 16.5. The SMILES string of the molecule is COC(=O)[C@]1(C)CCC[C@]2(C)c3ccc(C(C)C)cc3[C@@H](OC)C[C@@H]12. The number of fused-ring (bicyclic) bond motifs is 3. The van der Waals surface area contributed by atoms with Crippen molar-refractivity contribution >= 4 is 5.97 Å². The van der Waals surface area contributed by atoms with E-state index in [1.54, 1.807) is 7.11 Å². The molecule has 25 heavy (non-hydrogen) atoms. The normalized spacial score (nSPS) is 34.4. The third-order valence-corrected chi connectivity index (χ3v) is 7.02. The summed E-state index contributed by atoms with van der Waals surface area (Å²) in [5.41, 5.74) is 3.61. The first-order valence-electron chi connectivity index (χ1n) is 9.53. The first-order valence-corrected chi connectivity index (χ1v) is 9.53.